The van der Waals surface area contributed by atoms with Crippen molar-refractivity contribution in [3.63, 3.8) is 0 Å². The van der Waals surface area contributed by atoms with Crippen molar-refractivity contribution in [1.82, 2.24) is 29.6 Å². The molecule has 2 aliphatic rings. The highest BCUT2D eigenvalue weighted by molar-refractivity contribution is 6.10. The van der Waals surface area contributed by atoms with Crippen LogP contribution in [0.4, 0.5) is 20.8 Å². The van der Waals surface area contributed by atoms with Crippen molar-refractivity contribution < 1.29 is 18.7 Å². The Kier molecular flexibility index (Phi) is 7.67. The summed E-state index contributed by atoms with van der Waals surface area (Å²) in [6.45, 7) is 11.5. The Balaban J connectivity index is 1.49. The van der Waals surface area contributed by atoms with E-state index in [1.165, 1.54) is 4.90 Å². The maximum atomic E-state index is 14.4. The van der Waals surface area contributed by atoms with E-state index in [1.54, 1.807) is 37.1 Å². The minimum Gasteiger partial charge on any atom is -0.444 e. The first-order valence-electron chi connectivity index (χ1n) is 14.3. The maximum Gasteiger partial charge on any atom is 0.410 e. The lowest BCUT2D eigenvalue weighted by molar-refractivity contribution is 0.0282. The zero-order chi connectivity index (χ0) is 30.5. The molecule has 12 heteroatoms. The molecule has 0 unspecified atom stereocenters. The number of hydrogen-bond acceptors (Lipinski definition) is 8. The molecule has 0 aromatic carbocycles. The molecule has 42 heavy (non-hydrogen) atoms. The molecule has 5 rings (SSSR count). The molecule has 2 atom stereocenters. The number of pyridine rings is 2. The molecular formula is C30H39FN8O3. The number of nitrogens with zero attached hydrogens (tertiary/aromatic N) is 8. The lowest BCUT2D eigenvalue weighted by atomic mass is 10.1. The van der Waals surface area contributed by atoms with Gasteiger partial charge in [-0.05, 0) is 66.2 Å². The maximum absolute atomic E-state index is 14.4. The van der Waals surface area contributed by atoms with Crippen LogP contribution in [-0.2, 0) is 24.2 Å². The number of aromatic nitrogens is 5. The molecule has 224 valence electrons. The minimum absolute atomic E-state index is 0.138. The lowest BCUT2D eigenvalue weighted by Gasteiger charge is -2.26. The van der Waals surface area contributed by atoms with Gasteiger partial charge in [0, 0.05) is 32.1 Å². The van der Waals surface area contributed by atoms with Gasteiger partial charge in [-0.15, -0.1) is 10.2 Å². The molecule has 0 radical (unpaired) electrons. The van der Waals surface area contributed by atoms with Gasteiger partial charge in [-0.3, -0.25) is 9.69 Å². The first-order chi connectivity index (χ1) is 19.7. The SMILES string of the molecule is CC(C)N(C)c1cc2c(c(CN(C)C(=O)OC(C)(C)C)n1)CN(c1cccc(-c3nnc4n3[C@@H]([C@@H](C)F)CC4)n1)C2=O. The van der Waals surface area contributed by atoms with Crippen molar-refractivity contribution in [2.45, 2.75) is 91.3 Å². The molecule has 2 amide bonds. The fourth-order valence-corrected chi connectivity index (χ4v) is 5.30. The number of halogens is 1. The number of fused-ring (bicyclic) bond motifs is 2. The third kappa shape index (κ3) is 5.54. The first kappa shape index (κ1) is 29.4. The smallest absolute Gasteiger partial charge is 0.410 e. The Bertz CT molecular complexity index is 1510. The van der Waals surface area contributed by atoms with Crippen molar-refractivity contribution in [3.05, 3.63) is 46.9 Å². The average molecular weight is 579 g/mol. The number of carbonyl (C=O) groups is 2. The van der Waals surface area contributed by atoms with Gasteiger partial charge in [-0.2, -0.15) is 0 Å². The molecule has 0 spiro atoms. The predicted octanol–water partition coefficient (Wildman–Crippen LogP) is 4.95. The van der Waals surface area contributed by atoms with Crippen LogP contribution in [0.2, 0.25) is 0 Å². The second-order valence-electron chi connectivity index (χ2n) is 12.4. The Hall–Kier alpha value is -4.09. The molecule has 0 N–H and O–H groups in total. The van der Waals surface area contributed by atoms with Crippen molar-refractivity contribution in [1.29, 1.82) is 0 Å². The topological polar surface area (TPSA) is 110 Å². The van der Waals surface area contributed by atoms with Crippen molar-refractivity contribution in [3.8, 4) is 11.5 Å². The predicted molar refractivity (Wildman–Crippen MR) is 157 cm³/mol. The van der Waals surface area contributed by atoms with Crippen LogP contribution in [0, 0.1) is 0 Å². The third-order valence-electron chi connectivity index (χ3n) is 7.75. The average Bonchev–Trinajstić information content (AvgIpc) is 3.61. The molecule has 0 saturated heterocycles. The van der Waals surface area contributed by atoms with E-state index in [-0.39, 0.29) is 31.1 Å². The number of alkyl halides is 1. The summed E-state index contributed by atoms with van der Waals surface area (Å²) in [4.78, 5) is 41.4. The van der Waals surface area contributed by atoms with Crippen LogP contribution in [0.3, 0.4) is 0 Å². The summed E-state index contributed by atoms with van der Waals surface area (Å²) < 4.78 is 21.8. The number of rotatable bonds is 7. The Morgan fingerprint density at radius 2 is 1.90 bits per heavy atom. The van der Waals surface area contributed by atoms with Crippen LogP contribution in [-0.4, -0.2) is 73.5 Å². The van der Waals surface area contributed by atoms with Gasteiger partial charge in [0.1, 0.15) is 34.9 Å². The third-order valence-corrected chi connectivity index (χ3v) is 7.75. The highest BCUT2D eigenvalue weighted by atomic mass is 19.1. The number of carbonyl (C=O) groups excluding carboxylic acids is 2. The van der Waals surface area contributed by atoms with E-state index in [0.29, 0.717) is 47.3 Å². The highest BCUT2D eigenvalue weighted by Crippen LogP contribution is 2.36. The molecule has 5 heterocycles. The van der Waals surface area contributed by atoms with Gasteiger partial charge in [0.25, 0.3) is 5.91 Å². The monoisotopic (exact) mass is 578 g/mol. The zero-order valence-electron chi connectivity index (χ0n) is 25.6. The normalized spacial score (nSPS) is 17.0. The van der Waals surface area contributed by atoms with Crippen LogP contribution < -0.4 is 9.80 Å². The van der Waals surface area contributed by atoms with Crippen LogP contribution in [0.15, 0.2) is 24.3 Å². The molecule has 0 saturated carbocycles. The molecule has 3 aromatic heterocycles. The molecule has 2 aliphatic heterocycles. The number of aryl methyl sites for hydroxylation is 1. The quantitative estimate of drug-likeness (QED) is 0.387. The Morgan fingerprint density at radius 3 is 2.57 bits per heavy atom. The second kappa shape index (κ2) is 11.0. The molecule has 3 aromatic rings. The summed E-state index contributed by atoms with van der Waals surface area (Å²) in [5.74, 6) is 2.10. The second-order valence-corrected chi connectivity index (χ2v) is 12.4. The first-order valence-corrected chi connectivity index (χ1v) is 14.3. The van der Waals surface area contributed by atoms with E-state index >= 15 is 0 Å². The number of amides is 2. The molecule has 11 nitrogen and oxygen atoms in total. The van der Waals surface area contributed by atoms with Gasteiger partial charge >= 0.3 is 6.09 Å². The van der Waals surface area contributed by atoms with E-state index in [1.807, 2.05) is 57.2 Å². The lowest BCUT2D eigenvalue weighted by Crippen LogP contribution is -2.34. The summed E-state index contributed by atoms with van der Waals surface area (Å²) in [6.07, 6.45) is -0.207. The van der Waals surface area contributed by atoms with Gasteiger partial charge in [0.05, 0.1) is 30.4 Å². The number of hydrogen-bond donors (Lipinski definition) is 0. The Morgan fingerprint density at radius 1 is 1.17 bits per heavy atom. The van der Waals surface area contributed by atoms with E-state index in [2.05, 4.69) is 10.2 Å². The Labute approximate surface area is 245 Å². The van der Waals surface area contributed by atoms with Crippen molar-refractivity contribution in [2.24, 2.45) is 0 Å². The van der Waals surface area contributed by atoms with Crippen molar-refractivity contribution in [2.75, 3.05) is 23.9 Å². The van der Waals surface area contributed by atoms with Crippen LogP contribution >= 0.6 is 0 Å². The van der Waals surface area contributed by atoms with Crippen LogP contribution in [0.25, 0.3) is 11.5 Å². The van der Waals surface area contributed by atoms with Gasteiger partial charge in [0.15, 0.2) is 5.82 Å². The summed E-state index contributed by atoms with van der Waals surface area (Å²) in [5, 5.41) is 8.58. The van der Waals surface area contributed by atoms with Crippen molar-refractivity contribution >= 4 is 23.6 Å². The summed E-state index contributed by atoms with van der Waals surface area (Å²) in [6, 6.07) is 6.97. The van der Waals surface area contributed by atoms with E-state index < -0.39 is 17.9 Å². The fraction of sp³-hybridized carbons (Fsp3) is 0.533. The highest BCUT2D eigenvalue weighted by Gasteiger charge is 2.36. The van der Waals surface area contributed by atoms with E-state index in [0.717, 1.165) is 11.4 Å². The minimum atomic E-state index is -1.05. The zero-order valence-corrected chi connectivity index (χ0v) is 25.6. The number of ether oxygens (including phenoxy) is 1. The fourth-order valence-electron chi connectivity index (χ4n) is 5.30. The number of anilines is 2. The standard InChI is InChI=1S/C30H39FN8O3/c1-17(2)37(8)26-14-19-20(22(33-26)16-36(7)29(41)42-30(4,5)6)15-38(28(19)40)24-11-9-10-21(32-24)27-35-34-25-13-12-23(18(3)31)39(25)27/h9-11,14,17-18,23H,12-13,15-16H2,1-8H3/t18-,23-/m1/s1. The van der Waals surface area contributed by atoms with E-state index in [4.69, 9.17) is 14.7 Å². The van der Waals surface area contributed by atoms with E-state index in [9.17, 15) is 14.0 Å². The van der Waals surface area contributed by atoms with Gasteiger partial charge < -0.3 is 19.1 Å². The largest absolute Gasteiger partial charge is 0.444 e. The van der Waals surface area contributed by atoms with Crippen LogP contribution in [0.5, 0.6) is 0 Å². The van der Waals surface area contributed by atoms with Crippen LogP contribution in [0.1, 0.15) is 81.4 Å². The summed E-state index contributed by atoms with van der Waals surface area (Å²) >= 11 is 0. The summed E-state index contributed by atoms with van der Waals surface area (Å²) in [5.41, 5.74) is 1.74. The van der Waals surface area contributed by atoms with Gasteiger partial charge in [0.2, 0.25) is 0 Å². The molecular weight excluding hydrogens is 539 g/mol. The summed E-state index contributed by atoms with van der Waals surface area (Å²) in [7, 11) is 3.58. The van der Waals surface area contributed by atoms with Gasteiger partial charge in [-0.1, -0.05) is 6.07 Å². The molecule has 0 bridgehead atoms. The van der Waals surface area contributed by atoms with Gasteiger partial charge in [-0.25, -0.2) is 19.2 Å². The molecule has 0 fully saturated rings. The molecule has 0 aliphatic carbocycles.